The Morgan fingerprint density at radius 3 is 2.47 bits per heavy atom. The lowest BCUT2D eigenvalue weighted by atomic mass is 9.77. The number of aromatic nitrogens is 1. The Bertz CT molecular complexity index is 1140. The molecule has 184 valence electrons. The number of hydrogen-bond donors (Lipinski definition) is 2. The summed E-state index contributed by atoms with van der Waals surface area (Å²) in [4.78, 5) is 28.4. The Kier molecular flexibility index (Phi) is 6.57. The second kappa shape index (κ2) is 8.82. The van der Waals surface area contributed by atoms with Crippen LogP contribution in [0.2, 0.25) is 0 Å². The van der Waals surface area contributed by atoms with Gasteiger partial charge in [0.1, 0.15) is 11.8 Å². The van der Waals surface area contributed by atoms with Crippen LogP contribution in [0.25, 0.3) is 0 Å². The van der Waals surface area contributed by atoms with Crippen LogP contribution < -0.4 is 15.8 Å². The summed E-state index contributed by atoms with van der Waals surface area (Å²) < 4.78 is 80.4. The third kappa shape index (κ3) is 4.17. The molecule has 2 aromatic rings. The first-order valence-electron chi connectivity index (χ1n) is 10.1. The van der Waals surface area contributed by atoms with Crippen molar-refractivity contribution in [1.29, 1.82) is 0 Å². The van der Waals surface area contributed by atoms with Gasteiger partial charge in [-0.2, -0.15) is 17.6 Å². The molecule has 1 saturated heterocycles. The number of ether oxygens (including phenoxy) is 2. The Morgan fingerprint density at radius 1 is 1.26 bits per heavy atom. The number of methoxy groups -OCH3 is 1. The van der Waals surface area contributed by atoms with Gasteiger partial charge in [-0.05, 0) is 31.5 Å². The smallest absolute Gasteiger partial charge is 0.417 e. The largest absolute Gasteiger partial charge is 0.493 e. The number of carbonyl (C=O) groups excluding carboxylic acids is 2. The van der Waals surface area contributed by atoms with E-state index in [1.165, 1.54) is 19.2 Å². The SMILES string of the molecule is COc1c([C@@H]2[C@H](C(=O)Nc3cc(C(N)=O)ncc3C)O[C@@](C)(C(F)(F)F)[C@H]2C)ccc(F)c1F. The van der Waals surface area contributed by atoms with Crippen molar-refractivity contribution in [3.05, 3.63) is 52.9 Å². The number of aryl methyl sites for hydroxylation is 1. The number of halogens is 5. The van der Waals surface area contributed by atoms with Crippen molar-refractivity contribution in [1.82, 2.24) is 4.98 Å². The van der Waals surface area contributed by atoms with Crippen LogP contribution in [-0.4, -0.2) is 41.8 Å². The minimum absolute atomic E-state index is 0.0710. The number of benzene rings is 1. The number of nitrogens with zero attached hydrogens (tertiary/aromatic N) is 1. The number of nitrogens with one attached hydrogen (secondary N) is 1. The molecule has 1 aliphatic rings. The molecule has 7 nitrogen and oxygen atoms in total. The molecule has 0 bridgehead atoms. The quantitative estimate of drug-likeness (QED) is 0.624. The molecule has 0 radical (unpaired) electrons. The zero-order chi connectivity index (χ0) is 25.6. The van der Waals surface area contributed by atoms with Gasteiger partial charge in [-0.25, -0.2) is 4.39 Å². The van der Waals surface area contributed by atoms with Crippen molar-refractivity contribution in [3.8, 4) is 5.75 Å². The molecule has 12 heteroatoms. The van der Waals surface area contributed by atoms with Gasteiger partial charge in [0.2, 0.25) is 5.82 Å². The van der Waals surface area contributed by atoms with Gasteiger partial charge in [0.15, 0.2) is 17.2 Å². The Labute approximate surface area is 191 Å². The number of rotatable bonds is 5. The highest BCUT2D eigenvalue weighted by atomic mass is 19.4. The van der Waals surface area contributed by atoms with E-state index in [0.717, 1.165) is 26.2 Å². The van der Waals surface area contributed by atoms with Gasteiger partial charge in [0.25, 0.3) is 11.8 Å². The van der Waals surface area contributed by atoms with Crippen molar-refractivity contribution in [3.63, 3.8) is 0 Å². The van der Waals surface area contributed by atoms with Crippen LogP contribution >= 0.6 is 0 Å². The molecule has 1 fully saturated rings. The van der Waals surface area contributed by atoms with Crippen molar-refractivity contribution in [2.45, 2.75) is 44.6 Å². The summed E-state index contributed by atoms with van der Waals surface area (Å²) >= 11 is 0. The van der Waals surface area contributed by atoms with Gasteiger partial charge in [-0.15, -0.1) is 0 Å². The van der Waals surface area contributed by atoms with Gasteiger partial charge in [0, 0.05) is 29.3 Å². The fourth-order valence-corrected chi connectivity index (χ4v) is 4.04. The third-order valence-electron chi connectivity index (χ3n) is 6.18. The number of amides is 2. The zero-order valence-electron chi connectivity index (χ0n) is 18.6. The maximum absolute atomic E-state index is 14.4. The first-order chi connectivity index (χ1) is 15.7. The molecule has 3 rings (SSSR count). The van der Waals surface area contributed by atoms with E-state index in [4.69, 9.17) is 15.2 Å². The minimum Gasteiger partial charge on any atom is -0.493 e. The van der Waals surface area contributed by atoms with Crippen LogP contribution in [0.4, 0.5) is 27.6 Å². The van der Waals surface area contributed by atoms with E-state index in [2.05, 4.69) is 10.3 Å². The van der Waals surface area contributed by atoms with Crippen molar-refractivity contribution < 1.29 is 41.0 Å². The summed E-state index contributed by atoms with van der Waals surface area (Å²) in [6.07, 6.45) is -5.41. The van der Waals surface area contributed by atoms with Crippen molar-refractivity contribution in [2.75, 3.05) is 12.4 Å². The molecule has 0 spiro atoms. The molecule has 0 saturated carbocycles. The first-order valence-corrected chi connectivity index (χ1v) is 10.1. The molecular weight excluding hydrogens is 465 g/mol. The van der Waals surface area contributed by atoms with Crippen molar-refractivity contribution >= 4 is 17.5 Å². The Morgan fingerprint density at radius 2 is 1.91 bits per heavy atom. The standard InChI is InChI=1S/C22H22F5N3O4/c1-9-8-29-14(19(28)31)7-13(9)30-20(32)18-15(10(2)21(3,34-18)22(25,26)27)11-5-6-12(23)16(24)17(11)33-4/h5-8,10,15,18H,1-4H3,(H2,28,31)(H,29,30,32)/t10-,15+,18+,21+/m0/s1. The van der Waals surface area contributed by atoms with E-state index in [1.54, 1.807) is 6.92 Å². The summed E-state index contributed by atoms with van der Waals surface area (Å²) in [5.41, 5.74) is 2.53. The zero-order valence-corrected chi connectivity index (χ0v) is 18.6. The highest BCUT2D eigenvalue weighted by Gasteiger charge is 2.65. The summed E-state index contributed by atoms with van der Waals surface area (Å²) in [5.74, 6) is -7.94. The summed E-state index contributed by atoms with van der Waals surface area (Å²) in [7, 11) is 1.03. The lowest BCUT2D eigenvalue weighted by Gasteiger charge is -2.32. The number of pyridine rings is 1. The number of primary amides is 1. The number of alkyl halides is 3. The molecule has 1 aromatic carbocycles. The summed E-state index contributed by atoms with van der Waals surface area (Å²) in [6, 6.07) is 2.97. The Balaban J connectivity index is 2.10. The third-order valence-corrected chi connectivity index (χ3v) is 6.18. The van der Waals surface area contributed by atoms with Crippen LogP contribution in [0.15, 0.2) is 24.4 Å². The van der Waals surface area contributed by atoms with E-state index in [-0.39, 0.29) is 16.9 Å². The lowest BCUT2D eigenvalue weighted by Crippen LogP contribution is -2.47. The van der Waals surface area contributed by atoms with E-state index in [0.29, 0.717) is 5.56 Å². The lowest BCUT2D eigenvalue weighted by molar-refractivity contribution is -0.272. The predicted molar refractivity (Wildman–Crippen MR) is 110 cm³/mol. The second-order valence-corrected chi connectivity index (χ2v) is 8.18. The normalized spacial score (nSPS) is 24.7. The molecule has 1 aliphatic heterocycles. The number of anilines is 1. The van der Waals surface area contributed by atoms with Crippen LogP contribution in [-0.2, 0) is 9.53 Å². The van der Waals surface area contributed by atoms with Gasteiger partial charge in [0.05, 0.1) is 7.11 Å². The molecule has 1 aromatic heterocycles. The maximum Gasteiger partial charge on any atom is 0.417 e. The van der Waals surface area contributed by atoms with E-state index in [1.807, 2.05) is 0 Å². The van der Waals surface area contributed by atoms with E-state index < -0.39 is 58.9 Å². The number of hydrogen-bond acceptors (Lipinski definition) is 5. The first kappa shape index (κ1) is 25.3. The maximum atomic E-state index is 14.4. The van der Waals surface area contributed by atoms with Crippen LogP contribution in [0.3, 0.4) is 0 Å². The van der Waals surface area contributed by atoms with Gasteiger partial charge >= 0.3 is 6.18 Å². The highest BCUT2D eigenvalue weighted by Crippen LogP contribution is 2.55. The predicted octanol–water partition coefficient (Wildman–Crippen LogP) is 3.85. The molecule has 3 N–H and O–H groups in total. The number of carbonyl (C=O) groups is 2. The van der Waals surface area contributed by atoms with Gasteiger partial charge < -0.3 is 20.5 Å². The van der Waals surface area contributed by atoms with Crippen molar-refractivity contribution in [2.24, 2.45) is 11.7 Å². The Hall–Kier alpha value is -3.28. The molecule has 0 aliphatic carbocycles. The van der Waals surface area contributed by atoms with Crippen LogP contribution in [0.5, 0.6) is 5.75 Å². The average molecular weight is 487 g/mol. The van der Waals surface area contributed by atoms with Gasteiger partial charge in [-0.1, -0.05) is 13.0 Å². The van der Waals surface area contributed by atoms with E-state index >= 15 is 0 Å². The molecule has 4 atom stereocenters. The molecule has 2 heterocycles. The fourth-order valence-electron chi connectivity index (χ4n) is 4.04. The average Bonchev–Trinajstić information content (AvgIpc) is 3.03. The van der Waals surface area contributed by atoms with E-state index in [9.17, 15) is 31.5 Å². The van der Waals surface area contributed by atoms with Crippen LogP contribution in [0.1, 0.15) is 41.4 Å². The highest BCUT2D eigenvalue weighted by molar-refractivity contribution is 5.98. The molecular formula is C22H22F5N3O4. The fraction of sp³-hybridized carbons (Fsp3) is 0.409. The summed E-state index contributed by atoms with van der Waals surface area (Å²) in [5, 5.41) is 2.43. The van der Waals surface area contributed by atoms with Crippen LogP contribution in [0, 0.1) is 24.5 Å². The molecule has 2 amide bonds. The molecule has 34 heavy (non-hydrogen) atoms. The summed E-state index contributed by atoms with van der Waals surface area (Å²) in [6.45, 7) is 3.53. The second-order valence-electron chi connectivity index (χ2n) is 8.18. The topological polar surface area (TPSA) is 104 Å². The molecule has 0 unspecified atom stereocenters. The number of nitrogens with two attached hydrogens (primary N) is 1. The van der Waals surface area contributed by atoms with Gasteiger partial charge in [-0.3, -0.25) is 14.6 Å². The monoisotopic (exact) mass is 487 g/mol. The minimum atomic E-state index is -4.89.